The molecule has 28 heavy (non-hydrogen) atoms. The summed E-state index contributed by atoms with van der Waals surface area (Å²) in [6, 6.07) is 17.3. The van der Waals surface area contributed by atoms with Crippen molar-refractivity contribution in [2.24, 2.45) is 0 Å². The number of hydrogen-bond donors (Lipinski definition) is 0. The van der Waals surface area contributed by atoms with Crippen LogP contribution in [0, 0.1) is 6.92 Å². The number of carbonyl (C=O) groups excluding carboxylic acids is 2. The van der Waals surface area contributed by atoms with Crippen LogP contribution in [-0.2, 0) is 13.1 Å². The van der Waals surface area contributed by atoms with E-state index in [0.717, 1.165) is 37.2 Å². The number of imidazole rings is 1. The van der Waals surface area contributed by atoms with Crippen LogP contribution in [0.2, 0.25) is 0 Å². The normalized spacial score (nSPS) is 12.8. The Labute approximate surface area is 165 Å². The molecule has 4 nitrogen and oxygen atoms in total. The highest BCUT2D eigenvalue weighted by Gasteiger charge is 2.42. The van der Waals surface area contributed by atoms with Gasteiger partial charge in [0.1, 0.15) is 6.54 Å². The minimum absolute atomic E-state index is 0.0448. The van der Waals surface area contributed by atoms with Crippen molar-refractivity contribution in [2.45, 2.75) is 46.2 Å². The quantitative estimate of drug-likeness (QED) is 0.377. The van der Waals surface area contributed by atoms with Gasteiger partial charge >= 0.3 is 0 Å². The van der Waals surface area contributed by atoms with Gasteiger partial charge in [0.2, 0.25) is 23.0 Å². The van der Waals surface area contributed by atoms with Gasteiger partial charge in [0.25, 0.3) is 5.82 Å². The molecule has 0 saturated heterocycles. The van der Waals surface area contributed by atoms with Gasteiger partial charge in [0, 0.05) is 18.1 Å². The van der Waals surface area contributed by atoms with Gasteiger partial charge in [0.15, 0.2) is 0 Å². The van der Waals surface area contributed by atoms with Gasteiger partial charge in [-0.15, -0.1) is 0 Å². The zero-order valence-electron chi connectivity index (χ0n) is 16.4. The summed E-state index contributed by atoms with van der Waals surface area (Å²) >= 11 is 0. The van der Waals surface area contributed by atoms with Crippen molar-refractivity contribution in [3.8, 4) is 0 Å². The maximum absolute atomic E-state index is 13.4. The number of nitrogens with zero attached hydrogens (tertiary/aromatic N) is 2. The Kier molecular flexibility index (Phi) is 4.95. The number of rotatable bonds is 6. The number of fused-ring (bicyclic) bond motifs is 2. The Bertz CT molecular complexity index is 1050. The van der Waals surface area contributed by atoms with Crippen molar-refractivity contribution in [1.82, 2.24) is 4.57 Å². The van der Waals surface area contributed by atoms with E-state index in [1.165, 1.54) is 0 Å². The van der Waals surface area contributed by atoms with Crippen molar-refractivity contribution in [3.05, 3.63) is 88.5 Å². The van der Waals surface area contributed by atoms with Gasteiger partial charge < -0.3 is 0 Å². The van der Waals surface area contributed by atoms with Gasteiger partial charge in [-0.3, -0.25) is 9.59 Å². The summed E-state index contributed by atoms with van der Waals surface area (Å²) in [6.07, 6.45) is 3.21. The Hall–Kier alpha value is -3.01. The molecular formula is C24H25N2O2+. The van der Waals surface area contributed by atoms with Crippen molar-refractivity contribution in [3.63, 3.8) is 0 Å². The number of aromatic nitrogens is 2. The molecule has 3 aromatic rings. The maximum atomic E-state index is 13.4. The Morgan fingerprint density at radius 3 is 2.18 bits per heavy atom. The van der Waals surface area contributed by atoms with Crippen LogP contribution in [0.1, 0.15) is 69.7 Å². The van der Waals surface area contributed by atoms with Crippen molar-refractivity contribution < 1.29 is 14.2 Å². The molecule has 0 N–H and O–H groups in total. The van der Waals surface area contributed by atoms with Gasteiger partial charge in [-0.1, -0.05) is 67.9 Å². The molecule has 0 fully saturated rings. The second-order valence-corrected chi connectivity index (χ2v) is 7.38. The second kappa shape index (κ2) is 7.55. The molecule has 0 spiro atoms. The summed E-state index contributed by atoms with van der Waals surface area (Å²) in [7, 11) is 0. The molecule has 4 heteroatoms. The molecule has 142 valence electrons. The van der Waals surface area contributed by atoms with E-state index < -0.39 is 0 Å². The minimum atomic E-state index is -0.0570. The zero-order valence-corrected chi connectivity index (χ0v) is 16.4. The van der Waals surface area contributed by atoms with Crippen molar-refractivity contribution in [2.75, 3.05) is 0 Å². The highest BCUT2D eigenvalue weighted by molar-refractivity contribution is 6.26. The first-order chi connectivity index (χ1) is 13.6. The third-order valence-corrected chi connectivity index (χ3v) is 5.56. The molecule has 0 unspecified atom stereocenters. The topological polar surface area (TPSA) is 43.0 Å². The molecule has 1 aromatic heterocycles. The molecule has 1 heterocycles. The lowest BCUT2D eigenvalue weighted by molar-refractivity contribution is -0.695. The predicted molar refractivity (Wildman–Crippen MR) is 108 cm³/mol. The van der Waals surface area contributed by atoms with Crippen LogP contribution in [0.5, 0.6) is 0 Å². The molecule has 4 rings (SSSR count). The Balaban J connectivity index is 1.88. The van der Waals surface area contributed by atoms with Gasteiger partial charge in [-0.2, -0.15) is 0 Å². The third kappa shape index (κ3) is 2.99. The Morgan fingerprint density at radius 1 is 0.857 bits per heavy atom. The van der Waals surface area contributed by atoms with Crippen LogP contribution in [0.15, 0.2) is 54.6 Å². The van der Waals surface area contributed by atoms with Crippen molar-refractivity contribution in [1.29, 1.82) is 0 Å². The first-order valence-corrected chi connectivity index (χ1v) is 9.98. The van der Waals surface area contributed by atoms with E-state index in [2.05, 4.69) is 23.6 Å². The first-order valence-electron chi connectivity index (χ1n) is 9.98. The largest absolute Gasteiger partial charge is 0.284 e. The lowest BCUT2D eigenvalue weighted by Gasteiger charge is -2.13. The highest BCUT2D eigenvalue weighted by atomic mass is 16.1. The fourth-order valence-electron chi connectivity index (χ4n) is 4.07. The van der Waals surface area contributed by atoms with Crippen LogP contribution in [0.25, 0.3) is 0 Å². The summed E-state index contributed by atoms with van der Waals surface area (Å²) in [5.41, 5.74) is 3.21. The van der Waals surface area contributed by atoms with E-state index in [-0.39, 0.29) is 11.6 Å². The standard InChI is InChI=1S/C24H25N2O2/c1-3-4-10-15-25-17(2)26(16-18-11-6-5-7-12-18)22-21(25)23(27)19-13-8-9-14-20(19)24(22)28/h5-9,11-14H,3-4,10,15-16H2,1-2H3/q+1. The number of ketones is 2. The van der Waals surface area contributed by atoms with Gasteiger partial charge in [-0.25, -0.2) is 9.13 Å². The molecule has 1 aliphatic carbocycles. The van der Waals surface area contributed by atoms with Crippen LogP contribution in [0.4, 0.5) is 0 Å². The molecule has 0 amide bonds. The molecular weight excluding hydrogens is 348 g/mol. The second-order valence-electron chi connectivity index (χ2n) is 7.38. The van der Waals surface area contributed by atoms with E-state index >= 15 is 0 Å². The van der Waals surface area contributed by atoms with E-state index in [1.54, 1.807) is 12.1 Å². The zero-order chi connectivity index (χ0) is 19.7. The summed E-state index contributed by atoms with van der Waals surface area (Å²) in [5, 5.41) is 0. The van der Waals surface area contributed by atoms with Crippen molar-refractivity contribution >= 4 is 11.6 Å². The van der Waals surface area contributed by atoms with Gasteiger partial charge in [0.05, 0.1) is 6.54 Å². The van der Waals surface area contributed by atoms with E-state index in [0.29, 0.717) is 29.1 Å². The molecule has 0 aliphatic heterocycles. The SMILES string of the molecule is CCCCCn1c2c([n+](Cc3ccccc3)c1C)C(=O)c1ccccc1C2=O. The molecule has 0 radical (unpaired) electrons. The fraction of sp³-hybridized carbons (Fsp3) is 0.292. The third-order valence-electron chi connectivity index (χ3n) is 5.56. The monoisotopic (exact) mass is 373 g/mol. The first kappa shape index (κ1) is 18.4. The molecule has 1 aliphatic rings. The number of carbonyl (C=O) groups is 2. The molecule has 0 saturated carbocycles. The fourth-order valence-corrected chi connectivity index (χ4v) is 4.07. The minimum Gasteiger partial charge on any atom is -0.284 e. The van der Waals surface area contributed by atoms with E-state index in [4.69, 9.17) is 0 Å². The summed E-state index contributed by atoms with van der Waals surface area (Å²) in [6.45, 7) is 5.51. The Morgan fingerprint density at radius 2 is 1.50 bits per heavy atom. The molecule has 0 bridgehead atoms. The number of unbranched alkanes of at least 4 members (excludes halogenated alkanes) is 2. The number of hydrogen-bond acceptors (Lipinski definition) is 2. The van der Waals surface area contributed by atoms with Crippen LogP contribution < -0.4 is 4.57 Å². The molecule has 0 atom stereocenters. The summed E-state index contributed by atoms with van der Waals surface area (Å²) in [5.74, 6) is 0.856. The lowest BCUT2D eigenvalue weighted by atomic mass is 9.90. The number of benzene rings is 2. The average molecular weight is 373 g/mol. The summed E-state index contributed by atoms with van der Waals surface area (Å²) in [4.78, 5) is 26.7. The predicted octanol–water partition coefficient (Wildman–Crippen LogP) is 4.10. The maximum Gasteiger partial charge on any atom is 0.254 e. The lowest BCUT2D eigenvalue weighted by Crippen LogP contribution is -2.43. The van der Waals surface area contributed by atoms with Crippen LogP contribution in [0.3, 0.4) is 0 Å². The van der Waals surface area contributed by atoms with E-state index in [1.807, 2.05) is 41.8 Å². The summed E-state index contributed by atoms with van der Waals surface area (Å²) < 4.78 is 4.08. The average Bonchev–Trinajstić information content (AvgIpc) is 2.99. The van der Waals surface area contributed by atoms with Crippen LogP contribution >= 0.6 is 0 Å². The van der Waals surface area contributed by atoms with Crippen LogP contribution in [-0.4, -0.2) is 16.1 Å². The molecule has 2 aromatic carbocycles. The van der Waals surface area contributed by atoms with E-state index in [9.17, 15) is 9.59 Å². The smallest absolute Gasteiger partial charge is 0.254 e. The van der Waals surface area contributed by atoms with Gasteiger partial charge in [-0.05, 0) is 18.4 Å². The highest BCUT2D eigenvalue weighted by Crippen LogP contribution is 2.27.